The van der Waals surface area contributed by atoms with Crippen molar-refractivity contribution in [3.8, 4) is 0 Å². The molecule has 0 aliphatic carbocycles. The van der Waals surface area contributed by atoms with Crippen LogP contribution in [0.25, 0.3) is 0 Å². The van der Waals surface area contributed by atoms with Crippen molar-refractivity contribution in [2.45, 2.75) is 38.3 Å². The predicted octanol–water partition coefficient (Wildman–Crippen LogP) is 2.03. The molecule has 21 heavy (non-hydrogen) atoms. The molecule has 0 bridgehead atoms. The predicted molar refractivity (Wildman–Crippen MR) is 86.6 cm³/mol. The van der Waals surface area contributed by atoms with Crippen LogP contribution in [0.5, 0.6) is 0 Å². The number of nitrogens with one attached hydrogen (secondary N) is 1. The fourth-order valence-corrected chi connectivity index (χ4v) is 2.30. The van der Waals surface area contributed by atoms with E-state index in [0.29, 0.717) is 12.8 Å². The molecule has 1 unspecified atom stereocenters. The molecule has 0 amide bonds. The van der Waals surface area contributed by atoms with E-state index in [1.807, 2.05) is 44.2 Å². The minimum absolute atomic E-state index is 0.0480. The third-order valence-corrected chi connectivity index (χ3v) is 4.06. The first-order valence-electron chi connectivity index (χ1n) is 7.00. The second-order valence-corrected chi connectivity index (χ2v) is 5.54. The van der Waals surface area contributed by atoms with Crippen molar-refractivity contribution in [2.24, 2.45) is 0 Å². The Balaban J connectivity index is 2.82. The average molecular weight is 309 g/mol. The summed E-state index contributed by atoms with van der Waals surface area (Å²) < 4.78 is 4.73. The van der Waals surface area contributed by atoms with E-state index >= 15 is 0 Å². The number of hydrogen-bond donors (Lipinski definition) is 2. The monoisotopic (exact) mass is 309 g/mol. The van der Waals surface area contributed by atoms with Crippen molar-refractivity contribution in [3.05, 3.63) is 35.9 Å². The first kappa shape index (κ1) is 17.7. The molecule has 2 atom stereocenters. The van der Waals surface area contributed by atoms with E-state index < -0.39 is 17.6 Å². The molecule has 1 aromatic rings. The van der Waals surface area contributed by atoms with Gasteiger partial charge in [-0.3, -0.25) is 14.9 Å². The van der Waals surface area contributed by atoms with Crippen LogP contribution < -0.4 is 5.32 Å². The number of ether oxygens (including phenoxy) is 1. The van der Waals surface area contributed by atoms with E-state index in [9.17, 15) is 9.59 Å². The average Bonchev–Trinajstić information content (AvgIpc) is 2.52. The Labute approximate surface area is 131 Å². The number of ketones is 1. The highest BCUT2D eigenvalue weighted by atomic mass is 32.1. The van der Waals surface area contributed by atoms with Gasteiger partial charge in [-0.25, -0.2) is 0 Å². The van der Waals surface area contributed by atoms with Crippen LogP contribution in [0, 0.1) is 0 Å². The normalized spacial score (nSPS) is 15.0. The van der Waals surface area contributed by atoms with Crippen molar-refractivity contribution in [3.63, 3.8) is 0 Å². The molecule has 0 fully saturated rings. The molecule has 116 valence electrons. The first-order valence-corrected chi connectivity index (χ1v) is 7.63. The lowest BCUT2D eigenvalue weighted by atomic mass is 9.88. The van der Waals surface area contributed by atoms with Gasteiger partial charge in [-0.2, -0.15) is 12.6 Å². The summed E-state index contributed by atoms with van der Waals surface area (Å²) in [5, 5.41) is 3.10. The molecule has 1 aromatic carbocycles. The van der Waals surface area contributed by atoms with Crippen LogP contribution in [-0.2, 0) is 20.7 Å². The number of carbonyl (C=O) groups excluding carboxylic acids is 2. The second-order valence-electron chi connectivity index (χ2n) is 5.17. The van der Waals surface area contributed by atoms with Gasteiger partial charge in [0.15, 0.2) is 5.78 Å². The molecule has 0 saturated heterocycles. The quantitative estimate of drug-likeness (QED) is 0.570. The Morgan fingerprint density at radius 2 is 1.95 bits per heavy atom. The number of hydrogen-bond acceptors (Lipinski definition) is 5. The summed E-state index contributed by atoms with van der Waals surface area (Å²) in [6.45, 7) is 3.74. The van der Waals surface area contributed by atoms with Gasteiger partial charge in [0, 0.05) is 12.2 Å². The SMILES string of the molecule is CCC(C)(N[C@@H](CS)C(=O)OC)C(=O)Cc1ccccc1. The van der Waals surface area contributed by atoms with Gasteiger partial charge in [-0.1, -0.05) is 37.3 Å². The van der Waals surface area contributed by atoms with Crippen molar-refractivity contribution < 1.29 is 14.3 Å². The molecular weight excluding hydrogens is 286 g/mol. The second kappa shape index (κ2) is 8.20. The maximum Gasteiger partial charge on any atom is 0.323 e. The minimum Gasteiger partial charge on any atom is -0.468 e. The van der Waals surface area contributed by atoms with Crippen LogP contribution in [0.15, 0.2) is 30.3 Å². The molecule has 1 rings (SSSR count). The topological polar surface area (TPSA) is 55.4 Å². The Bertz CT molecular complexity index is 478. The molecule has 0 aromatic heterocycles. The summed E-state index contributed by atoms with van der Waals surface area (Å²) in [5.41, 5.74) is 0.182. The summed E-state index contributed by atoms with van der Waals surface area (Å²) >= 11 is 4.15. The maximum atomic E-state index is 12.6. The Morgan fingerprint density at radius 3 is 2.43 bits per heavy atom. The minimum atomic E-state index is -0.780. The fourth-order valence-electron chi connectivity index (χ4n) is 2.06. The molecule has 4 nitrogen and oxygen atoms in total. The van der Waals surface area contributed by atoms with Crippen LogP contribution in [0.1, 0.15) is 25.8 Å². The largest absolute Gasteiger partial charge is 0.468 e. The molecule has 0 aliphatic heterocycles. The zero-order chi connectivity index (χ0) is 15.9. The number of Topliss-reactive ketones (excluding diaryl/α,β-unsaturated/α-hetero) is 1. The summed E-state index contributed by atoms with van der Waals surface area (Å²) in [5.74, 6) is -0.0787. The summed E-state index contributed by atoms with van der Waals surface area (Å²) in [4.78, 5) is 24.3. The van der Waals surface area contributed by atoms with E-state index in [-0.39, 0.29) is 11.5 Å². The summed E-state index contributed by atoms with van der Waals surface area (Å²) in [6.07, 6.45) is 0.915. The molecule has 1 N–H and O–H groups in total. The molecule has 0 heterocycles. The van der Waals surface area contributed by atoms with Crippen molar-refractivity contribution >= 4 is 24.4 Å². The van der Waals surface area contributed by atoms with Gasteiger partial charge in [-0.15, -0.1) is 0 Å². The van der Waals surface area contributed by atoms with E-state index in [2.05, 4.69) is 17.9 Å². The third kappa shape index (κ3) is 4.86. The van der Waals surface area contributed by atoms with E-state index in [0.717, 1.165) is 5.56 Å². The zero-order valence-electron chi connectivity index (χ0n) is 12.8. The number of benzene rings is 1. The first-order chi connectivity index (χ1) is 9.96. The Kier molecular flexibility index (Phi) is 6.92. The standard InChI is InChI=1S/C16H23NO3S/c1-4-16(2,17-13(11-21)15(19)20-3)14(18)10-12-8-6-5-7-9-12/h5-9,13,17,21H,4,10-11H2,1-3H3/t13-,16?/m0/s1. The zero-order valence-corrected chi connectivity index (χ0v) is 13.7. The van der Waals surface area contributed by atoms with Gasteiger partial charge in [0.2, 0.25) is 0 Å². The molecular formula is C16H23NO3S. The number of esters is 1. The van der Waals surface area contributed by atoms with Gasteiger partial charge in [-0.05, 0) is 18.9 Å². The highest BCUT2D eigenvalue weighted by Crippen LogP contribution is 2.16. The molecule has 0 radical (unpaired) electrons. The smallest absolute Gasteiger partial charge is 0.323 e. The van der Waals surface area contributed by atoms with E-state index in [4.69, 9.17) is 4.74 Å². The lowest BCUT2D eigenvalue weighted by molar-refractivity contribution is -0.143. The van der Waals surface area contributed by atoms with Crippen LogP contribution in [-0.4, -0.2) is 36.2 Å². The maximum absolute atomic E-state index is 12.6. The van der Waals surface area contributed by atoms with Crippen molar-refractivity contribution in [1.82, 2.24) is 5.32 Å². The van der Waals surface area contributed by atoms with Crippen LogP contribution >= 0.6 is 12.6 Å². The van der Waals surface area contributed by atoms with Crippen molar-refractivity contribution in [2.75, 3.05) is 12.9 Å². The lowest BCUT2D eigenvalue weighted by Crippen LogP contribution is -2.57. The Hall–Kier alpha value is -1.33. The number of thiol groups is 1. The lowest BCUT2D eigenvalue weighted by Gasteiger charge is -2.31. The van der Waals surface area contributed by atoms with Gasteiger partial charge < -0.3 is 4.74 Å². The van der Waals surface area contributed by atoms with Gasteiger partial charge in [0.25, 0.3) is 0 Å². The van der Waals surface area contributed by atoms with E-state index in [1.165, 1.54) is 7.11 Å². The molecule has 5 heteroatoms. The number of methoxy groups -OCH3 is 1. The summed E-state index contributed by atoms with van der Waals surface area (Å²) in [7, 11) is 1.33. The van der Waals surface area contributed by atoms with Crippen molar-refractivity contribution in [1.29, 1.82) is 0 Å². The summed E-state index contributed by atoms with van der Waals surface area (Å²) in [6, 6.07) is 8.98. The third-order valence-electron chi connectivity index (χ3n) is 3.69. The van der Waals surface area contributed by atoms with Crippen LogP contribution in [0.2, 0.25) is 0 Å². The molecule has 0 saturated carbocycles. The number of rotatable bonds is 8. The van der Waals surface area contributed by atoms with Crippen LogP contribution in [0.4, 0.5) is 0 Å². The van der Waals surface area contributed by atoms with E-state index in [1.54, 1.807) is 0 Å². The van der Waals surface area contributed by atoms with Crippen LogP contribution in [0.3, 0.4) is 0 Å². The Morgan fingerprint density at radius 1 is 1.33 bits per heavy atom. The van der Waals surface area contributed by atoms with Gasteiger partial charge in [0.1, 0.15) is 6.04 Å². The van der Waals surface area contributed by atoms with Gasteiger partial charge in [0.05, 0.1) is 12.6 Å². The highest BCUT2D eigenvalue weighted by molar-refractivity contribution is 7.80. The van der Waals surface area contributed by atoms with Gasteiger partial charge >= 0.3 is 5.97 Å². The molecule has 0 aliphatic rings. The number of carbonyl (C=O) groups is 2. The molecule has 0 spiro atoms. The fraction of sp³-hybridized carbons (Fsp3) is 0.500. The highest BCUT2D eigenvalue weighted by Gasteiger charge is 2.35.